The molecule has 1 heterocycles. The van der Waals surface area contributed by atoms with Crippen LogP contribution < -0.4 is 22.6 Å². The molecule has 0 fully saturated rings. The fourth-order valence-electron chi connectivity index (χ4n) is 1.48. The highest BCUT2D eigenvalue weighted by atomic mass is 15.6. The van der Waals surface area contributed by atoms with Gasteiger partial charge in [-0.05, 0) is 13.8 Å². The second kappa shape index (κ2) is 3.64. The van der Waals surface area contributed by atoms with Gasteiger partial charge in [0.2, 0.25) is 11.9 Å². The van der Waals surface area contributed by atoms with Crippen LogP contribution in [0, 0.1) is 5.41 Å². The summed E-state index contributed by atoms with van der Waals surface area (Å²) in [5.41, 5.74) is 18.7. The number of nitrogens with one attached hydrogen (secondary N) is 2. The van der Waals surface area contributed by atoms with Crippen molar-refractivity contribution in [1.82, 2.24) is 10.4 Å². The third-order valence-electron chi connectivity index (χ3n) is 1.99. The van der Waals surface area contributed by atoms with Crippen molar-refractivity contribution >= 4 is 17.6 Å². The molecule has 0 saturated heterocycles. The van der Waals surface area contributed by atoms with Gasteiger partial charge in [-0.1, -0.05) is 0 Å². The fraction of sp³-hybridized carbons (Fsp3) is 0.571. The summed E-state index contributed by atoms with van der Waals surface area (Å²) in [6.07, 6.45) is 0.587. The van der Waals surface area contributed by atoms with Crippen LogP contribution in [0.25, 0.3) is 0 Å². The second-order valence-electron chi connectivity index (χ2n) is 3.63. The number of rotatable bonds is 2. The molecule has 84 valence electrons. The van der Waals surface area contributed by atoms with E-state index in [2.05, 4.69) is 15.6 Å². The van der Waals surface area contributed by atoms with Crippen LogP contribution in [0.15, 0.2) is 10.2 Å². The van der Waals surface area contributed by atoms with Crippen LogP contribution in [0.5, 0.6) is 0 Å². The molecule has 0 unspecified atom stereocenters. The molecule has 8 heteroatoms. The molecule has 0 spiro atoms. The summed E-state index contributed by atoms with van der Waals surface area (Å²) in [5.74, 6) is -0.239. The van der Waals surface area contributed by atoms with Gasteiger partial charge in [-0.3, -0.25) is 10.8 Å². The first-order chi connectivity index (χ1) is 6.85. The Morgan fingerprint density at radius 2 is 2.20 bits per heavy atom. The molecule has 0 aromatic rings. The largest absolute Gasteiger partial charge is 0.369 e. The standard InChI is InChI=1S/C7H16N8/c1-4-3-7(2,14-12-5(8)9)15(13-4)6(10)11/h14H,3H2,1-2H3,(H3,10,11)(H4,8,9,12)/t7-/m1/s1. The van der Waals surface area contributed by atoms with Gasteiger partial charge in [0, 0.05) is 12.1 Å². The van der Waals surface area contributed by atoms with Gasteiger partial charge in [-0.2, -0.15) is 5.10 Å². The van der Waals surface area contributed by atoms with Crippen molar-refractivity contribution < 1.29 is 0 Å². The average molecular weight is 212 g/mol. The number of nitrogens with zero attached hydrogens (tertiary/aromatic N) is 3. The number of guanidine groups is 2. The first-order valence-electron chi connectivity index (χ1n) is 4.39. The zero-order valence-corrected chi connectivity index (χ0v) is 8.78. The molecular formula is C7H16N8. The molecule has 1 aliphatic rings. The van der Waals surface area contributed by atoms with Crippen LogP contribution in [-0.2, 0) is 0 Å². The van der Waals surface area contributed by atoms with E-state index >= 15 is 0 Å². The first-order valence-corrected chi connectivity index (χ1v) is 4.39. The Labute approximate surface area is 87.7 Å². The Kier molecular flexibility index (Phi) is 2.69. The van der Waals surface area contributed by atoms with E-state index in [1.165, 1.54) is 5.01 Å². The van der Waals surface area contributed by atoms with Crippen LogP contribution in [-0.4, -0.2) is 28.3 Å². The summed E-state index contributed by atoms with van der Waals surface area (Å²) in [5, 5.41) is 16.5. The molecular weight excluding hydrogens is 196 g/mol. The molecule has 0 aromatic heterocycles. The van der Waals surface area contributed by atoms with Gasteiger partial charge < -0.3 is 17.2 Å². The van der Waals surface area contributed by atoms with E-state index in [9.17, 15) is 0 Å². The van der Waals surface area contributed by atoms with Gasteiger partial charge >= 0.3 is 0 Å². The van der Waals surface area contributed by atoms with Crippen LogP contribution in [0.2, 0.25) is 0 Å². The van der Waals surface area contributed by atoms with Gasteiger partial charge in [-0.25, -0.2) is 5.01 Å². The topological polar surface area (TPSA) is 142 Å². The van der Waals surface area contributed by atoms with Gasteiger partial charge in [-0.15, -0.1) is 5.10 Å². The fourth-order valence-corrected chi connectivity index (χ4v) is 1.48. The van der Waals surface area contributed by atoms with E-state index in [1.54, 1.807) is 6.92 Å². The summed E-state index contributed by atoms with van der Waals surface area (Å²) in [7, 11) is 0. The van der Waals surface area contributed by atoms with Crippen molar-refractivity contribution in [2.24, 2.45) is 27.4 Å². The molecule has 1 rings (SSSR count). The normalized spacial score (nSPS) is 24.7. The van der Waals surface area contributed by atoms with Crippen LogP contribution >= 0.6 is 0 Å². The van der Waals surface area contributed by atoms with E-state index in [0.717, 1.165) is 5.71 Å². The second-order valence-corrected chi connectivity index (χ2v) is 3.63. The van der Waals surface area contributed by atoms with Crippen molar-refractivity contribution in [1.29, 1.82) is 5.41 Å². The maximum Gasteiger partial charge on any atom is 0.211 e. The van der Waals surface area contributed by atoms with E-state index in [1.807, 2.05) is 6.92 Å². The molecule has 8 nitrogen and oxygen atoms in total. The summed E-state index contributed by atoms with van der Waals surface area (Å²) in [6, 6.07) is 0. The zero-order chi connectivity index (χ0) is 11.6. The molecule has 0 bridgehead atoms. The molecule has 0 saturated carbocycles. The molecule has 1 aliphatic heterocycles. The maximum absolute atomic E-state index is 7.37. The van der Waals surface area contributed by atoms with Crippen LogP contribution in [0.3, 0.4) is 0 Å². The predicted octanol–water partition coefficient (Wildman–Crippen LogP) is -1.54. The highest BCUT2D eigenvalue weighted by Gasteiger charge is 2.38. The number of hydrogen-bond donors (Lipinski definition) is 5. The van der Waals surface area contributed by atoms with Crippen LogP contribution in [0.4, 0.5) is 0 Å². The third kappa shape index (κ3) is 2.27. The molecule has 0 amide bonds. The predicted molar refractivity (Wildman–Crippen MR) is 58.8 cm³/mol. The summed E-state index contributed by atoms with van der Waals surface area (Å²) < 4.78 is 0. The number of hydrogen-bond acceptors (Lipinski definition) is 4. The van der Waals surface area contributed by atoms with Crippen molar-refractivity contribution in [3.8, 4) is 0 Å². The monoisotopic (exact) mass is 212 g/mol. The van der Waals surface area contributed by atoms with Crippen molar-refractivity contribution in [3.63, 3.8) is 0 Å². The van der Waals surface area contributed by atoms with Crippen LogP contribution in [0.1, 0.15) is 20.3 Å². The quantitative estimate of drug-likeness (QED) is 0.214. The Balaban J connectivity index is 2.84. The molecule has 0 aromatic carbocycles. The average Bonchev–Trinajstić information content (AvgIpc) is 2.39. The van der Waals surface area contributed by atoms with E-state index in [4.69, 9.17) is 22.6 Å². The molecule has 15 heavy (non-hydrogen) atoms. The minimum Gasteiger partial charge on any atom is -0.369 e. The lowest BCUT2D eigenvalue weighted by molar-refractivity contribution is 0.180. The molecule has 8 N–H and O–H groups in total. The smallest absolute Gasteiger partial charge is 0.211 e. The summed E-state index contributed by atoms with van der Waals surface area (Å²) >= 11 is 0. The molecule has 0 aliphatic carbocycles. The highest BCUT2D eigenvalue weighted by molar-refractivity contribution is 5.88. The van der Waals surface area contributed by atoms with Gasteiger partial charge in [0.1, 0.15) is 0 Å². The first kappa shape index (κ1) is 11.1. The van der Waals surface area contributed by atoms with Gasteiger partial charge in [0.15, 0.2) is 5.66 Å². The lowest BCUT2D eigenvalue weighted by atomic mass is 10.1. The SMILES string of the molecule is CC1=NN(C(=N)N)[C@@](C)(NN=C(N)N)C1. The Morgan fingerprint density at radius 3 is 2.67 bits per heavy atom. The summed E-state index contributed by atoms with van der Waals surface area (Å²) in [4.78, 5) is 0. The van der Waals surface area contributed by atoms with Crippen molar-refractivity contribution in [2.45, 2.75) is 25.9 Å². The van der Waals surface area contributed by atoms with Crippen molar-refractivity contribution in [3.05, 3.63) is 0 Å². The lowest BCUT2D eigenvalue weighted by Crippen LogP contribution is -2.55. The van der Waals surface area contributed by atoms with E-state index in [-0.39, 0.29) is 11.9 Å². The lowest BCUT2D eigenvalue weighted by Gasteiger charge is -2.32. The Morgan fingerprint density at radius 1 is 1.60 bits per heavy atom. The zero-order valence-electron chi connectivity index (χ0n) is 8.78. The summed E-state index contributed by atoms with van der Waals surface area (Å²) in [6.45, 7) is 3.65. The third-order valence-corrected chi connectivity index (χ3v) is 1.99. The van der Waals surface area contributed by atoms with Crippen molar-refractivity contribution in [2.75, 3.05) is 0 Å². The molecule has 0 radical (unpaired) electrons. The Bertz CT molecular complexity index is 328. The highest BCUT2D eigenvalue weighted by Crippen LogP contribution is 2.23. The van der Waals surface area contributed by atoms with E-state index in [0.29, 0.717) is 6.42 Å². The Hall–Kier alpha value is -1.99. The van der Waals surface area contributed by atoms with Gasteiger partial charge in [0.05, 0.1) is 0 Å². The minimum atomic E-state index is -0.681. The number of hydrazone groups is 2. The molecule has 1 atom stereocenters. The number of nitrogens with two attached hydrogens (primary N) is 3. The minimum absolute atomic E-state index is 0.0794. The van der Waals surface area contributed by atoms with E-state index < -0.39 is 5.66 Å². The van der Waals surface area contributed by atoms with Gasteiger partial charge in [0.25, 0.3) is 0 Å². The maximum atomic E-state index is 7.37.